The van der Waals surface area contributed by atoms with Crippen LogP contribution in [-0.4, -0.2) is 37.5 Å². The average Bonchev–Trinajstić information content (AvgIpc) is 2.35. The Morgan fingerprint density at radius 1 is 1.53 bits per heavy atom. The van der Waals surface area contributed by atoms with Crippen molar-refractivity contribution in [1.29, 1.82) is 0 Å². The van der Waals surface area contributed by atoms with Gasteiger partial charge in [-0.25, -0.2) is 17.9 Å². The highest BCUT2D eigenvalue weighted by Gasteiger charge is 2.18. The number of nitrogens with one attached hydrogen (secondary N) is 1. The second-order valence-corrected chi connectivity index (χ2v) is 7.74. The van der Waals surface area contributed by atoms with E-state index in [4.69, 9.17) is 5.11 Å². The molecule has 8 heteroatoms. The first-order valence-corrected chi connectivity index (χ1v) is 8.89. The minimum atomic E-state index is -3.69. The molecule has 0 aliphatic rings. The Morgan fingerprint density at radius 3 is 2.68 bits per heavy atom. The molecule has 0 spiro atoms. The molecule has 0 aliphatic heterocycles. The topological polar surface area (TPSA) is 83.5 Å². The van der Waals surface area contributed by atoms with E-state index in [1.807, 2.05) is 13.2 Å². The molecule has 0 saturated carbocycles. The van der Waals surface area contributed by atoms with Crippen LogP contribution in [0.2, 0.25) is 0 Å². The molecule has 0 aliphatic carbocycles. The molecule has 0 amide bonds. The van der Waals surface area contributed by atoms with Crippen LogP contribution in [0.25, 0.3) is 0 Å². The summed E-state index contributed by atoms with van der Waals surface area (Å²) in [6.07, 6.45) is 1.89. The maximum Gasteiger partial charge on any atom is 0.336 e. The van der Waals surface area contributed by atoms with Crippen LogP contribution in [0.5, 0.6) is 0 Å². The van der Waals surface area contributed by atoms with Gasteiger partial charge in [0.15, 0.2) is 0 Å². The molecule has 106 valence electrons. The SMILES string of the molecule is CSC(C)CNS(=O)(=O)c1ccc(Br)c(C(=O)O)c1. The van der Waals surface area contributed by atoms with Gasteiger partial charge in [0.05, 0.1) is 10.5 Å². The third kappa shape index (κ3) is 4.48. The summed E-state index contributed by atoms with van der Waals surface area (Å²) < 4.78 is 26.8. The molecule has 1 aromatic carbocycles. The molecule has 2 N–H and O–H groups in total. The minimum Gasteiger partial charge on any atom is -0.478 e. The summed E-state index contributed by atoms with van der Waals surface area (Å²) in [6.45, 7) is 2.19. The summed E-state index contributed by atoms with van der Waals surface area (Å²) in [7, 11) is -3.69. The molecule has 1 aromatic rings. The molecule has 0 saturated heterocycles. The Kier molecular flexibility index (Phi) is 5.84. The van der Waals surface area contributed by atoms with Gasteiger partial charge in [-0.2, -0.15) is 11.8 Å². The molecule has 0 heterocycles. The van der Waals surface area contributed by atoms with Gasteiger partial charge in [-0.05, 0) is 40.4 Å². The number of benzene rings is 1. The van der Waals surface area contributed by atoms with Gasteiger partial charge in [0, 0.05) is 16.3 Å². The lowest BCUT2D eigenvalue weighted by Crippen LogP contribution is -2.29. The predicted molar refractivity (Wildman–Crippen MR) is 79.3 cm³/mol. The van der Waals surface area contributed by atoms with E-state index in [1.54, 1.807) is 11.8 Å². The largest absolute Gasteiger partial charge is 0.478 e. The van der Waals surface area contributed by atoms with Crippen LogP contribution < -0.4 is 4.72 Å². The van der Waals surface area contributed by atoms with Crippen LogP contribution in [-0.2, 0) is 10.0 Å². The van der Waals surface area contributed by atoms with Crippen molar-refractivity contribution in [3.05, 3.63) is 28.2 Å². The molecule has 1 unspecified atom stereocenters. The van der Waals surface area contributed by atoms with E-state index in [2.05, 4.69) is 20.7 Å². The molecule has 19 heavy (non-hydrogen) atoms. The summed E-state index contributed by atoms with van der Waals surface area (Å²) in [5.41, 5.74) is -0.0826. The Hall–Kier alpha value is -0.570. The summed E-state index contributed by atoms with van der Waals surface area (Å²) in [4.78, 5) is 10.9. The second-order valence-electron chi connectivity index (χ2n) is 3.85. The van der Waals surface area contributed by atoms with Crippen LogP contribution in [0.1, 0.15) is 17.3 Å². The fourth-order valence-corrected chi connectivity index (χ4v) is 3.16. The van der Waals surface area contributed by atoms with E-state index in [0.29, 0.717) is 11.0 Å². The number of carboxylic acids is 1. The van der Waals surface area contributed by atoms with Crippen LogP contribution in [0.4, 0.5) is 0 Å². The molecule has 1 atom stereocenters. The lowest BCUT2D eigenvalue weighted by atomic mass is 10.2. The first-order chi connectivity index (χ1) is 8.77. The molecule has 1 rings (SSSR count). The van der Waals surface area contributed by atoms with Gasteiger partial charge in [-0.1, -0.05) is 6.92 Å². The maximum atomic E-state index is 12.0. The zero-order valence-corrected chi connectivity index (χ0v) is 13.6. The fraction of sp³-hybridized carbons (Fsp3) is 0.364. The van der Waals surface area contributed by atoms with Crippen molar-refractivity contribution in [1.82, 2.24) is 4.72 Å². The van der Waals surface area contributed by atoms with Crippen LogP contribution >= 0.6 is 27.7 Å². The molecule has 0 bridgehead atoms. The van der Waals surface area contributed by atoms with Crippen molar-refractivity contribution in [2.75, 3.05) is 12.8 Å². The molecular weight excluding hydrogens is 354 g/mol. The first-order valence-electron chi connectivity index (χ1n) is 5.33. The minimum absolute atomic E-state index is 0.0543. The van der Waals surface area contributed by atoms with E-state index in [1.165, 1.54) is 12.1 Å². The normalized spacial score (nSPS) is 13.2. The summed E-state index contributed by atoms with van der Waals surface area (Å²) >= 11 is 4.61. The van der Waals surface area contributed by atoms with Crippen molar-refractivity contribution in [3.63, 3.8) is 0 Å². The number of sulfonamides is 1. The Labute approximate surface area is 125 Å². The van der Waals surface area contributed by atoms with E-state index in [9.17, 15) is 13.2 Å². The van der Waals surface area contributed by atoms with Crippen molar-refractivity contribution in [3.8, 4) is 0 Å². The third-order valence-electron chi connectivity index (χ3n) is 2.44. The smallest absolute Gasteiger partial charge is 0.336 e. The predicted octanol–water partition coefficient (Wildman–Crippen LogP) is 2.18. The number of hydrogen-bond donors (Lipinski definition) is 2. The lowest BCUT2D eigenvalue weighted by Gasteiger charge is -2.11. The summed E-state index contributed by atoms with van der Waals surface area (Å²) in [6, 6.07) is 3.91. The number of rotatable bonds is 6. The quantitative estimate of drug-likeness (QED) is 0.804. The van der Waals surface area contributed by atoms with E-state index >= 15 is 0 Å². The molecule has 0 radical (unpaired) electrons. The maximum absolute atomic E-state index is 12.0. The summed E-state index contributed by atoms with van der Waals surface area (Å²) in [5.74, 6) is -1.18. The average molecular weight is 368 g/mol. The fourth-order valence-electron chi connectivity index (χ4n) is 1.23. The van der Waals surface area contributed by atoms with Crippen molar-refractivity contribution in [2.45, 2.75) is 17.1 Å². The number of halogens is 1. The molecular formula is C11H14BrNO4S2. The van der Waals surface area contributed by atoms with Crippen molar-refractivity contribution >= 4 is 43.7 Å². The highest BCUT2D eigenvalue weighted by atomic mass is 79.9. The van der Waals surface area contributed by atoms with Crippen molar-refractivity contribution < 1.29 is 18.3 Å². The highest BCUT2D eigenvalue weighted by Crippen LogP contribution is 2.21. The second kappa shape index (κ2) is 6.74. The van der Waals surface area contributed by atoms with Crippen LogP contribution in [0.3, 0.4) is 0 Å². The molecule has 0 aromatic heterocycles. The van der Waals surface area contributed by atoms with Gasteiger partial charge in [0.1, 0.15) is 0 Å². The van der Waals surface area contributed by atoms with Crippen LogP contribution in [0.15, 0.2) is 27.6 Å². The van der Waals surface area contributed by atoms with E-state index in [0.717, 1.165) is 6.07 Å². The van der Waals surface area contributed by atoms with Gasteiger partial charge in [-0.15, -0.1) is 0 Å². The van der Waals surface area contributed by atoms with Gasteiger partial charge in [-0.3, -0.25) is 0 Å². The third-order valence-corrected chi connectivity index (χ3v) is 5.53. The van der Waals surface area contributed by atoms with E-state index < -0.39 is 16.0 Å². The molecule has 0 fully saturated rings. The lowest BCUT2D eigenvalue weighted by molar-refractivity contribution is 0.0695. The highest BCUT2D eigenvalue weighted by molar-refractivity contribution is 9.10. The zero-order chi connectivity index (χ0) is 14.6. The Balaban J connectivity index is 3.02. The Bertz CT molecular complexity index is 574. The number of thioether (sulfide) groups is 1. The molecule has 5 nitrogen and oxygen atoms in total. The number of hydrogen-bond acceptors (Lipinski definition) is 4. The van der Waals surface area contributed by atoms with Crippen molar-refractivity contribution in [2.24, 2.45) is 0 Å². The van der Waals surface area contributed by atoms with Gasteiger partial charge >= 0.3 is 5.97 Å². The van der Waals surface area contributed by atoms with Gasteiger partial charge < -0.3 is 5.11 Å². The first kappa shape index (κ1) is 16.5. The van der Waals surface area contributed by atoms with Gasteiger partial charge in [0.2, 0.25) is 10.0 Å². The van der Waals surface area contributed by atoms with Crippen LogP contribution in [0, 0.1) is 0 Å². The number of aromatic carboxylic acids is 1. The zero-order valence-electron chi connectivity index (χ0n) is 10.4. The number of carboxylic acid groups (broad SMARTS) is 1. The standard InChI is InChI=1S/C11H14BrNO4S2/c1-7(18-2)6-13-19(16,17)8-3-4-10(12)9(5-8)11(14)15/h3-5,7,13H,6H2,1-2H3,(H,14,15). The monoisotopic (exact) mass is 367 g/mol. The van der Waals surface area contributed by atoms with E-state index in [-0.39, 0.29) is 15.7 Å². The summed E-state index contributed by atoms with van der Waals surface area (Å²) in [5, 5.41) is 9.11. The number of carbonyl (C=O) groups is 1. The Morgan fingerprint density at radius 2 is 2.16 bits per heavy atom. The van der Waals surface area contributed by atoms with Gasteiger partial charge in [0.25, 0.3) is 0 Å².